The van der Waals surface area contributed by atoms with Crippen molar-refractivity contribution in [2.24, 2.45) is 5.92 Å². The van der Waals surface area contributed by atoms with Gasteiger partial charge in [-0.3, -0.25) is 9.69 Å². The number of hydrogen-bond acceptors (Lipinski definition) is 5. The Morgan fingerprint density at radius 2 is 2.04 bits per heavy atom. The van der Waals surface area contributed by atoms with Crippen LogP contribution >= 0.6 is 11.8 Å². The Balaban J connectivity index is 1.65. The summed E-state index contributed by atoms with van der Waals surface area (Å²) in [4.78, 5) is 16.5. The zero-order chi connectivity index (χ0) is 19.9. The maximum absolute atomic E-state index is 12.9. The highest BCUT2D eigenvalue weighted by atomic mass is 32.2. The summed E-state index contributed by atoms with van der Waals surface area (Å²) in [5.41, 5.74) is 2.77. The standard InChI is InChI=1S/C23H29NO3S/c1-3-27-22-11-6-17(13-20(22)16-25)14-24-12-4-5-19(15-24)23(26)18-7-9-21(28-2)10-8-18/h6-11,13,19,25H,3-5,12,14-16H2,1-2H3/t19-/m1/s1. The van der Waals surface area contributed by atoms with E-state index >= 15 is 0 Å². The number of Topliss-reactive ketones (excluding diaryl/α,β-unsaturated/α-hetero) is 1. The molecule has 1 atom stereocenters. The summed E-state index contributed by atoms with van der Waals surface area (Å²) in [6, 6.07) is 13.9. The lowest BCUT2D eigenvalue weighted by atomic mass is 9.90. The van der Waals surface area contributed by atoms with Crippen LogP contribution in [-0.4, -0.2) is 41.7 Å². The topological polar surface area (TPSA) is 49.8 Å². The molecule has 4 nitrogen and oxygen atoms in total. The third-order valence-corrected chi connectivity index (χ3v) is 6.00. The molecule has 1 heterocycles. The molecule has 0 aromatic heterocycles. The van der Waals surface area contributed by atoms with Crippen LogP contribution in [0.5, 0.6) is 5.75 Å². The van der Waals surface area contributed by atoms with Crippen molar-refractivity contribution in [2.75, 3.05) is 26.0 Å². The monoisotopic (exact) mass is 399 g/mol. The van der Waals surface area contributed by atoms with Crippen LogP contribution in [0, 0.1) is 5.92 Å². The van der Waals surface area contributed by atoms with Crippen molar-refractivity contribution in [2.45, 2.75) is 37.8 Å². The minimum Gasteiger partial charge on any atom is -0.494 e. The van der Waals surface area contributed by atoms with Gasteiger partial charge in [-0.2, -0.15) is 0 Å². The fourth-order valence-corrected chi connectivity index (χ4v) is 4.22. The van der Waals surface area contributed by atoms with Gasteiger partial charge in [-0.05, 0) is 62.4 Å². The van der Waals surface area contributed by atoms with Crippen LogP contribution in [0.2, 0.25) is 0 Å². The van der Waals surface area contributed by atoms with E-state index in [0.717, 1.165) is 54.9 Å². The Hall–Kier alpha value is -1.82. The Morgan fingerprint density at radius 3 is 2.71 bits per heavy atom. The maximum Gasteiger partial charge on any atom is 0.167 e. The van der Waals surface area contributed by atoms with Crippen LogP contribution in [0.3, 0.4) is 0 Å². The van der Waals surface area contributed by atoms with E-state index in [9.17, 15) is 9.90 Å². The first-order valence-electron chi connectivity index (χ1n) is 9.90. The molecule has 0 aliphatic carbocycles. The largest absolute Gasteiger partial charge is 0.494 e. The number of rotatable bonds is 8. The Morgan fingerprint density at radius 1 is 1.25 bits per heavy atom. The molecule has 1 aliphatic heterocycles. The molecule has 0 bridgehead atoms. The molecule has 0 saturated carbocycles. The third-order valence-electron chi connectivity index (χ3n) is 5.25. The summed E-state index contributed by atoms with van der Waals surface area (Å²) in [6.07, 6.45) is 4.02. The number of carbonyl (C=O) groups excluding carboxylic acids is 1. The number of ketones is 1. The predicted molar refractivity (Wildman–Crippen MR) is 114 cm³/mol. The molecule has 1 saturated heterocycles. The average Bonchev–Trinajstić information content (AvgIpc) is 2.74. The van der Waals surface area contributed by atoms with E-state index in [-0.39, 0.29) is 18.3 Å². The Labute approximate surface area is 171 Å². The molecule has 5 heteroatoms. The number of hydrogen-bond donors (Lipinski definition) is 1. The Bertz CT molecular complexity index is 791. The second-order valence-electron chi connectivity index (χ2n) is 7.20. The van der Waals surface area contributed by atoms with Gasteiger partial charge in [-0.25, -0.2) is 0 Å². The maximum atomic E-state index is 12.9. The highest BCUT2D eigenvalue weighted by Crippen LogP contribution is 2.26. The van der Waals surface area contributed by atoms with Gasteiger partial charge in [0.1, 0.15) is 5.75 Å². The van der Waals surface area contributed by atoms with Crippen LogP contribution in [-0.2, 0) is 13.2 Å². The van der Waals surface area contributed by atoms with E-state index in [1.54, 1.807) is 11.8 Å². The number of ether oxygens (including phenoxy) is 1. The number of benzene rings is 2. The molecule has 1 fully saturated rings. The molecule has 0 radical (unpaired) electrons. The van der Waals surface area contributed by atoms with Gasteiger partial charge in [0, 0.05) is 35.0 Å². The van der Waals surface area contributed by atoms with Crippen LogP contribution < -0.4 is 4.74 Å². The summed E-state index contributed by atoms with van der Waals surface area (Å²) in [6.45, 7) is 5.06. The number of carbonyl (C=O) groups is 1. The van der Waals surface area contributed by atoms with Crippen molar-refractivity contribution in [3.05, 3.63) is 59.2 Å². The summed E-state index contributed by atoms with van der Waals surface area (Å²) in [7, 11) is 0. The second kappa shape index (κ2) is 10.1. The molecule has 0 unspecified atom stereocenters. The number of aliphatic hydroxyl groups excluding tert-OH is 1. The second-order valence-corrected chi connectivity index (χ2v) is 8.08. The van der Waals surface area contributed by atoms with Crippen molar-refractivity contribution in [1.82, 2.24) is 4.90 Å². The first-order valence-corrected chi connectivity index (χ1v) is 11.1. The summed E-state index contributed by atoms with van der Waals surface area (Å²) in [5, 5.41) is 9.61. The molecule has 2 aromatic carbocycles. The zero-order valence-electron chi connectivity index (χ0n) is 16.7. The van der Waals surface area contributed by atoms with Crippen molar-refractivity contribution in [3.8, 4) is 5.75 Å². The lowest BCUT2D eigenvalue weighted by Gasteiger charge is -2.32. The van der Waals surface area contributed by atoms with Gasteiger partial charge in [0.25, 0.3) is 0 Å². The first-order chi connectivity index (χ1) is 13.6. The minimum absolute atomic E-state index is 0.0314. The first kappa shape index (κ1) is 20.9. The van der Waals surface area contributed by atoms with Crippen LogP contribution in [0.1, 0.15) is 41.3 Å². The van der Waals surface area contributed by atoms with Crippen molar-refractivity contribution < 1.29 is 14.6 Å². The molecule has 28 heavy (non-hydrogen) atoms. The van der Waals surface area contributed by atoms with E-state index in [1.807, 2.05) is 49.6 Å². The van der Waals surface area contributed by atoms with Crippen molar-refractivity contribution >= 4 is 17.5 Å². The highest BCUT2D eigenvalue weighted by Gasteiger charge is 2.26. The van der Waals surface area contributed by atoms with Crippen LogP contribution in [0.25, 0.3) is 0 Å². The summed E-state index contributed by atoms with van der Waals surface area (Å²) in [5.74, 6) is 1.04. The van der Waals surface area contributed by atoms with Gasteiger partial charge in [-0.1, -0.05) is 18.2 Å². The zero-order valence-corrected chi connectivity index (χ0v) is 17.5. The Kier molecular flexibility index (Phi) is 7.54. The summed E-state index contributed by atoms with van der Waals surface area (Å²) < 4.78 is 5.57. The summed E-state index contributed by atoms with van der Waals surface area (Å²) >= 11 is 1.69. The number of piperidine rings is 1. The number of likely N-dealkylation sites (tertiary alicyclic amines) is 1. The lowest BCUT2D eigenvalue weighted by molar-refractivity contribution is 0.0811. The van der Waals surface area contributed by atoms with E-state index < -0.39 is 0 Å². The van der Waals surface area contributed by atoms with E-state index in [2.05, 4.69) is 11.0 Å². The molecular weight excluding hydrogens is 370 g/mol. The molecule has 150 valence electrons. The fourth-order valence-electron chi connectivity index (χ4n) is 3.81. The normalized spacial score (nSPS) is 17.5. The minimum atomic E-state index is -0.0314. The van der Waals surface area contributed by atoms with E-state index in [1.165, 1.54) is 4.90 Å². The average molecular weight is 400 g/mol. The smallest absolute Gasteiger partial charge is 0.167 e. The predicted octanol–water partition coefficient (Wildman–Crippen LogP) is 4.39. The molecule has 1 aliphatic rings. The number of aliphatic hydroxyl groups is 1. The molecule has 1 N–H and O–H groups in total. The van der Waals surface area contributed by atoms with Gasteiger partial charge in [0.2, 0.25) is 0 Å². The van der Waals surface area contributed by atoms with Crippen molar-refractivity contribution in [3.63, 3.8) is 0 Å². The van der Waals surface area contributed by atoms with Crippen LogP contribution in [0.15, 0.2) is 47.4 Å². The molecule has 3 rings (SSSR count). The lowest BCUT2D eigenvalue weighted by Crippen LogP contribution is -2.38. The molecular formula is C23H29NO3S. The number of thioether (sulfide) groups is 1. The van der Waals surface area contributed by atoms with E-state index in [0.29, 0.717) is 6.61 Å². The van der Waals surface area contributed by atoms with Crippen molar-refractivity contribution in [1.29, 1.82) is 0 Å². The quantitative estimate of drug-likeness (QED) is 0.527. The SMILES string of the molecule is CCOc1ccc(CN2CCC[C@@H](C(=O)c3ccc(SC)cc3)C2)cc1CO. The van der Waals surface area contributed by atoms with Crippen LogP contribution in [0.4, 0.5) is 0 Å². The van der Waals surface area contributed by atoms with Gasteiger partial charge in [0.05, 0.1) is 13.2 Å². The van der Waals surface area contributed by atoms with Gasteiger partial charge < -0.3 is 9.84 Å². The molecule has 0 amide bonds. The van der Waals surface area contributed by atoms with Gasteiger partial charge in [-0.15, -0.1) is 11.8 Å². The number of nitrogens with zero attached hydrogens (tertiary/aromatic N) is 1. The van der Waals surface area contributed by atoms with Gasteiger partial charge in [0.15, 0.2) is 5.78 Å². The molecule has 0 spiro atoms. The fraction of sp³-hybridized carbons (Fsp3) is 0.435. The third kappa shape index (κ3) is 5.16. The van der Waals surface area contributed by atoms with E-state index in [4.69, 9.17) is 4.74 Å². The molecule has 2 aromatic rings. The highest BCUT2D eigenvalue weighted by molar-refractivity contribution is 7.98. The van der Waals surface area contributed by atoms with Gasteiger partial charge >= 0.3 is 0 Å².